The van der Waals surface area contributed by atoms with Crippen LogP contribution in [0, 0.1) is 0 Å². The molecule has 0 radical (unpaired) electrons. The summed E-state index contributed by atoms with van der Waals surface area (Å²) >= 11 is 1.82. The third kappa shape index (κ3) is 6.02. The molecule has 0 amide bonds. The number of aliphatic imine (C=N–C) groups is 1. The Morgan fingerprint density at radius 3 is 2.77 bits per heavy atom. The van der Waals surface area contributed by atoms with Crippen LogP contribution in [-0.4, -0.2) is 57.3 Å². The van der Waals surface area contributed by atoms with Crippen LogP contribution in [0.25, 0.3) is 0 Å². The molecule has 1 aromatic rings. The Morgan fingerprint density at radius 2 is 2.18 bits per heavy atom. The molecule has 2 N–H and O–H groups in total. The summed E-state index contributed by atoms with van der Waals surface area (Å²) in [6.45, 7) is 7.60. The minimum absolute atomic E-state index is 0. The molecule has 7 heteroatoms. The highest BCUT2D eigenvalue weighted by Gasteiger charge is 2.23. The lowest BCUT2D eigenvalue weighted by molar-refractivity contribution is 0.0177. The van der Waals surface area contributed by atoms with Crippen molar-refractivity contribution in [1.29, 1.82) is 0 Å². The summed E-state index contributed by atoms with van der Waals surface area (Å²) in [6, 6.07) is 4.72. The van der Waals surface area contributed by atoms with Gasteiger partial charge in [0.2, 0.25) is 0 Å². The smallest absolute Gasteiger partial charge is 0.191 e. The number of nitrogens with one attached hydrogen (secondary N) is 2. The molecule has 0 bridgehead atoms. The zero-order valence-corrected chi connectivity index (χ0v) is 16.5. The summed E-state index contributed by atoms with van der Waals surface area (Å²) in [4.78, 5) is 8.17. The molecule has 2 heterocycles. The van der Waals surface area contributed by atoms with Gasteiger partial charge in [0.15, 0.2) is 5.96 Å². The second-order valence-electron chi connectivity index (χ2n) is 5.06. The Balaban J connectivity index is 0.00000242. The highest BCUT2D eigenvalue weighted by molar-refractivity contribution is 14.0. The fourth-order valence-electron chi connectivity index (χ4n) is 2.44. The zero-order chi connectivity index (χ0) is 14.9. The van der Waals surface area contributed by atoms with Crippen molar-refractivity contribution < 1.29 is 4.74 Å². The molecule has 1 unspecified atom stereocenters. The summed E-state index contributed by atoms with van der Waals surface area (Å²) in [6.07, 6.45) is 1.10. The fraction of sp³-hybridized carbons (Fsp3) is 0.667. The summed E-state index contributed by atoms with van der Waals surface area (Å²) in [5.74, 6) is 0.881. The predicted molar refractivity (Wildman–Crippen MR) is 105 cm³/mol. The van der Waals surface area contributed by atoms with E-state index < -0.39 is 0 Å². The first-order valence-electron chi connectivity index (χ1n) is 7.65. The number of halogens is 1. The van der Waals surface area contributed by atoms with E-state index in [1.165, 1.54) is 4.88 Å². The summed E-state index contributed by atoms with van der Waals surface area (Å²) in [7, 11) is 1.82. The molecule has 22 heavy (non-hydrogen) atoms. The van der Waals surface area contributed by atoms with Gasteiger partial charge in [-0.2, -0.15) is 0 Å². The van der Waals surface area contributed by atoms with Gasteiger partial charge in [-0.05, 0) is 17.9 Å². The van der Waals surface area contributed by atoms with Gasteiger partial charge in [-0.3, -0.25) is 9.89 Å². The monoisotopic (exact) mass is 438 g/mol. The average Bonchev–Trinajstić information content (AvgIpc) is 3.06. The van der Waals surface area contributed by atoms with E-state index in [1.54, 1.807) is 0 Å². The minimum Gasteiger partial charge on any atom is -0.379 e. The van der Waals surface area contributed by atoms with Crippen molar-refractivity contribution in [1.82, 2.24) is 15.5 Å². The molecule has 5 nitrogen and oxygen atoms in total. The first-order valence-corrected chi connectivity index (χ1v) is 8.52. The van der Waals surface area contributed by atoms with Gasteiger partial charge < -0.3 is 15.4 Å². The van der Waals surface area contributed by atoms with E-state index in [4.69, 9.17) is 4.74 Å². The quantitative estimate of drug-likeness (QED) is 0.407. The first kappa shape index (κ1) is 19.7. The van der Waals surface area contributed by atoms with Gasteiger partial charge >= 0.3 is 0 Å². The molecule has 1 aliphatic rings. The van der Waals surface area contributed by atoms with Crippen molar-refractivity contribution in [3.05, 3.63) is 22.4 Å². The number of hydrogen-bond acceptors (Lipinski definition) is 4. The summed E-state index contributed by atoms with van der Waals surface area (Å²) < 4.78 is 5.47. The van der Waals surface area contributed by atoms with Crippen LogP contribution in [0.1, 0.15) is 24.3 Å². The zero-order valence-electron chi connectivity index (χ0n) is 13.4. The Kier molecular flexibility index (Phi) is 10.0. The number of rotatable bonds is 6. The number of ether oxygens (including phenoxy) is 1. The lowest BCUT2D eigenvalue weighted by atomic mass is 10.2. The van der Waals surface area contributed by atoms with Crippen LogP contribution in [0.2, 0.25) is 0 Å². The van der Waals surface area contributed by atoms with Gasteiger partial charge in [-0.25, -0.2) is 0 Å². The molecule has 0 saturated carbocycles. The Morgan fingerprint density at radius 1 is 1.41 bits per heavy atom. The minimum atomic E-state index is 0. The third-order valence-electron chi connectivity index (χ3n) is 3.59. The maximum Gasteiger partial charge on any atom is 0.191 e. The Labute approximate surface area is 154 Å². The van der Waals surface area contributed by atoms with Crippen molar-refractivity contribution in [2.45, 2.75) is 19.4 Å². The van der Waals surface area contributed by atoms with E-state index in [-0.39, 0.29) is 24.0 Å². The number of morpholine rings is 1. The van der Waals surface area contributed by atoms with E-state index in [9.17, 15) is 0 Å². The maximum atomic E-state index is 5.47. The van der Waals surface area contributed by atoms with Gasteiger partial charge in [0.1, 0.15) is 0 Å². The molecule has 126 valence electrons. The largest absolute Gasteiger partial charge is 0.379 e. The molecule has 1 aliphatic heterocycles. The van der Waals surface area contributed by atoms with E-state index in [2.05, 4.69) is 45.0 Å². The molecule has 0 spiro atoms. The number of guanidine groups is 1. The highest BCUT2D eigenvalue weighted by atomic mass is 127. The second kappa shape index (κ2) is 11.2. The Hall–Kier alpha value is -0.380. The summed E-state index contributed by atoms with van der Waals surface area (Å²) in [5.41, 5.74) is 0. The van der Waals surface area contributed by atoms with Gasteiger partial charge in [0, 0.05) is 38.1 Å². The molecule has 2 rings (SSSR count). The summed E-state index contributed by atoms with van der Waals surface area (Å²) in [5, 5.41) is 8.92. The van der Waals surface area contributed by atoms with E-state index in [0.717, 1.165) is 51.8 Å². The third-order valence-corrected chi connectivity index (χ3v) is 4.56. The normalized spacial score (nSPS) is 17.6. The molecular weight excluding hydrogens is 411 g/mol. The van der Waals surface area contributed by atoms with Gasteiger partial charge in [0.05, 0.1) is 19.3 Å². The standard InChI is InChI=1S/C15H26N4OS.HI/c1-3-6-17-15(16-2)18-12-13(14-5-4-11-21-14)19-7-9-20-10-8-19;/h4-5,11,13H,3,6-10,12H2,1-2H3,(H2,16,17,18);1H. The highest BCUT2D eigenvalue weighted by Crippen LogP contribution is 2.25. The van der Waals surface area contributed by atoms with E-state index in [0.29, 0.717) is 6.04 Å². The van der Waals surface area contributed by atoms with Crippen LogP contribution in [0.5, 0.6) is 0 Å². The van der Waals surface area contributed by atoms with Crippen LogP contribution in [-0.2, 0) is 4.74 Å². The molecule has 1 aromatic heterocycles. The molecule has 1 fully saturated rings. The van der Waals surface area contributed by atoms with Gasteiger partial charge in [-0.15, -0.1) is 35.3 Å². The van der Waals surface area contributed by atoms with Crippen LogP contribution < -0.4 is 10.6 Å². The van der Waals surface area contributed by atoms with Crippen molar-refractivity contribution >= 4 is 41.3 Å². The Bertz CT molecular complexity index is 421. The molecular formula is C15H27IN4OS. The lowest BCUT2D eigenvalue weighted by Gasteiger charge is -2.34. The van der Waals surface area contributed by atoms with Crippen molar-refractivity contribution in [2.75, 3.05) is 46.4 Å². The first-order chi connectivity index (χ1) is 10.3. The SMILES string of the molecule is CCCNC(=NC)NCC(c1cccs1)N1CCOCC1.I. The van der Waals surface area contributed by atoms with E-state index >= 15 is 0 Å². The van der Waals surface area contributed by atoms with Crippen molar-refractivity contribution in [3.63, 3.8) is 0 Å². The average molecular weight is 438 g/mol. The predicted octanol–water partition coefficient (Wildman–Crippen LogP) is 2.31. The molecule has 1 saturated heterocycles. The number of thiophene rings is 1. The van der Waals surface area contributed by atoms with Crippen LogP contribution in [0.3, 0.4) is 0 Å². The maximum absolute atomic E-state index is 5.47. The van der Waals surface area contributed by atoms with Crippen LogP contribution >= 0.6 is 35.3 Å². The van der Waals surface area contributed by atoms with Gasteiger partial charge in [-0.1, -0.05) is 13.0 Å². The molecule has 1 atom stereocenters. The van der Waals surface area contributed by atoms with E-state index in [1.807, 2.05) is 18.4 Å². The number of hydrogen-bond donors (Lipinski definition) is 2. The molecule has 0 aliphatic carbocycles. The lowest BCUT2D eigenvalue weighted by Crippen LogP contribution is -2.46. The topological polar surface area (TPSA) is 48.9 Å². The number of nitrogens with zero attached hydrogens (tertiary/aromatic N) is 2. The van der Waals surface area contributed by atoms with Crippen LogP contribution in [0.15, 0.2) is 22.5 Å². The van der Waals surface area contributed by atoms with Crippen molar-refractivity contribution in [2.24, 2.45) is 4.99 Å². The molecule has 0 aromatic carbocycles. The van der Waals surface area contributed by atoms with Crippen LogP contribution in [0.4, 0.5) is 0 Å². The van der Waals surface area contributed by atoms with Gasteiger partial charge in [0.25, 0.3) is 0 Å². The second-order valence-corrected chi connectivity index (χ2v) is 6.04. The fourth-order valence-corrected chi connectivity index (χ4v) is 3.30. The van der Waals surface area contributed by atoms with Crippen molar-refractivity contribution in [3.8, 4) is 0 Å².